The molecule has 0 aromatic carbocycles. The summed E-state index contributed by atoms with van der Waals surface area (Å²) in [6.07, 6.45) is 0. The number of anilines is 2. The summed E-state index contributed by atoms with van der Waals surface area (Å²) in [5, 5.41) is 6.42. The molecule has 0 saturated heterocycles. The maximum Gasteiger partial charge on any atom is 0.158 e. The van der Waals surface area contributed by atoms with Gasteiger partial charge in [-0.05, 0) is 11.3 Å². The molecule has 2 N–H and O–H groups in total. The summed E-state index contributed by atoms with van der Waals surface area (Å²) < 4.78 is 5.08. The standard InChI is InChI=1S/C14H26N4O/c1-10(14(2,3)4)8-16-12-7-11(15-5)17-13(18-12)9-19-6/h7,10H,8-9H2,1-6H3,(H2,15,16,17,18). The summed E-state index contributed by atoms with van der Waals surface area (Å²) in [4.78, 5) is 8.77. The van der Waals surface area contributed by atoms with Crippen molar-refractivity contribution in [2.24, 2.45) is 11.3 Å². The highest BCUT2D eigenvalue weighted by molar-refractivity contribution is 5.47. The first-order chi connectivity index (χ1) is 8.86. The highest BCUT2D eigenvalue weighted by Crippen LogP contribution is 2.25. The molecule has 1 aromatic heterocycles. The smallest absolute Gasteiger partial charge is 0.158 e. The molecule has 0 fully saturated rings. The second-order valence-electron chi connectivity index (χ2n) is 5.89. The van der Waals surface area contributed by atoms with Crippen molar-refractivity contribution in [1.29, 1.82) is 0 Å². The van der Waals surface area contributed by atoms with Gasteiger partial charge in [-0.15, -0.1) is 0 Å². The van der Waals surface area contributed by atoms with Gasteiger partial charge in [0.1, 0.15) is 18.2 Å². The normalized spacial score (nSPS) is 13.2. The van der Waals surface area contributed by atoms with Gasteiger partial charge in [0.25, 0.3) is 0 Å². The Bertz CT molecular complexity index is 401. The number of hydrogen-bond donors (Lipinski definition) is 2. The Kier molecular flexibility index (Phi) is 5.54. The molecule has 1 heterocycles. The van der Waals surface area contributed by atoms with Crippen LogP contribution in [0.25, 0.3) is 0 Å². The van der Waals surface area contributed by atoms with Crippen molar-refractivity contribution < 1.29 is 4.74 Å². The van der Waals surface area contributed by atoms with E-state index in [1.807, 2.05) is 13.1 Å². The van der Waals surface area contributed by atoms with Crippen LogP contribution in [0.5, 0.6) is 0 Å². The van der Waals surface area contributed by atoms with Crippen LogP contribution < -0.4 is 10.6 Å². The Balaban J connectivity index is 2.74. The van der Waals surface area contributed by atoms with Crippen LogP contribution in [-0.2, 0) is 11.3 Å². The van der Waals surface area contributed by atoms with Crippen molar-refractivity contribution in [3.05, 3.63) is 11.9 Å². The monoisotopic (exact) mass is 266 g/mol. The minimum atomic E-state index is 0.279. The molecule has 1 rings (SSSR count). The van der Waals surface area contributed by atoms with Gasteiger partial charge in [0.2, 0.25) is 0 Å². The van der Waals surface area contributed by atoms with E-state index in [1.165, 1.54) is 0 Å². The molecule has 1 atom stereocenters. The average molecular weight is 266 g/mol. The van der Waals surface area contributed by atoms with E-state index in [0.29, 0.717) is 18.3 Å². The third kappa shape index (κ3) is 5.03. The summed E-state index contributed by atoms with van der Waals surface area (Å²) in [5.74, 6) is 2.86. The molecule has 0 saturated carbocycles. The van der Waals surface area contributed by atoms with Gasteiger partial charge in [-0.25, -0.2) is 9.97 Å². The largest absolute Gasteiger partial charge is 0.377 e. The summed E-state index contributed by atoms with van der Waals surface area (Å²) in [7, 11) is 3.49. The molecule has 0 amide bonds. The fourth-order valence-electron chi connectivity index (χ4n) is 1.47. The Morgan fingerprint density at radius 3 is 2.42 bits per heavy atom. The van der Waals surface area contributed by atoms with E-state index >= 15 is 0 Å². The highest BCUT2D eigenvalue weighted by atomic mass is 16.5. The zero-order valence-electron chi connectivity index (χ0n) is 12.9. The lowest BCUT2D eigenvalue weighted by atomic mass is 9.82. The maximum atomic E-state index is 5.08. The fraction of sp³-hybridized carbons (Fsp3) is 0.714. The Morgan fingerprint density at radius 2 is 1.89 bits per heavy atom. The molecule has 108 valence electrons. The second kappa shape index (κ2) is 6.70. The number of hydrogen-bond acceptors (Lipinski definition) is 5. The van der Waals surface area contributed by atoms with Gasteiger partial charge in [-0.2, -0.15) is 0 Å². The van der Waals surface area contributed by atoms with Gasteiger partial charge >= 0.3 is 0 Å². The minimum Gasteiger partial charge on any atom is -0.377 e. The maximum absolute atomic E-state index is 5.08. The second-order valence-corrected chi connectivity index (χ2v) is 5.89. The van der Waals surface area contributed by atoms with E-state index in [0.717, 1.165) is 18.2 Å². The molecule has 5 nitrogen and oxygen atoms in total. The molecule has 0 aliphatic heterocycles. The van der Waals surface area contributed by atoms with Crippen LogP contribution in [0.15, 0.2) is 6.07 Å². The summed E-state index contributed by atoms with van der Waals surface area (Å²) in [5.41, 5.74) is 0.279. The third-order valence-corrected chi connectivity index (χ3v) is 3.37. The van der Waals surface area contributed by atoms with Crippen molar-refractivity contribution in [3.8, 4) is 0 Å². The van der Waals surface area contributed by atoms with Crippen LogP contribution in [0.3, 0.4) is 0 Å². The first-order valence-electron chi connectivity index (χ1n) is 6.65. The number of methoxy groups -OCH3 is 1. The van der Waals surface area contributed by atoms with Crippen molar-refractivity contribution in [2.75, 3.05) is 31.3 Å². The van der Waals surface area contributed by atoms with Gasteiger partial charge in [0, 0.05) is 26.8 Å². The molecule has 0 radical (unpaired) electrons. The number of aromatic nitrogens is 2. The minimum absolute atomic E-state index is 0.279. The summed E-state index contributed by atoms with van der Waals surface area (Å²) in [6, 6.07) is 1.91. The van der Waals surface area contributed by atoms with E-state index in [4.69, 9.17) is 4.74 Å². The SMILES string of the molecule is CNc1cc(NCC(C)C(C)(C)C)nc(COC)n1. The highest BCUT2D eigenvalue weighted by Gasteiger charge is 2.19. The van der Waals surface area contributed by atoms with E-state index < -0.39 is 0 Å². The zero-order chi connectivity index (χ0) is 14.5. The van der Waals surface area contributed by atoms with Gasteiger partial charge in [0.05, 0.1) is 0 Å². The number of ether oxygens (including phenoxy) is 1. The van der Waals surface area contributed by atoms with Crippen LogP contribution in [0.2, 0.25) is 0 Å². The molecular weight excluding hydrogens is 240 g/mol. The Hall–Kier alpha value is -1.36. The van der Waals surface area contributed by atoms with Gasteiger partial charge in [-0.1, -0.05) is 27.7 Å². The lowest BCUT2D eigenvalue weighted by Crippen LogP contribution is -2.25. The first-order valence-corrected chi connectivity index (χ1v) is 6.65. The molecule has 19 heavy (non-hydrogen) atoms. The van der Waals surface area contributed by atoms with E-state index in [9.17, 15) is 0 Å². The van der Waals surface area contributed by atoms with Gasteiger partial charge in [-0.3, -0.25) is 0 Å². The molecule has 1 unspecified atom stereocenters. The summed E-state index contributed by atoms with van der Waals surface area (Å²) in [6.45, 7) is 10.3. The Morgan fingerprint density at radius 1 is 1.26 bits per heavy atom. The molecule has 0 spiro atoms. The molecule has 5 heteroatoms. The van der Waals surface area contributed by atoms with E-state index in [1.54, 1.807) is 7.11 Å². The molecule has 0 aliphatic rings. The quantitative estimate of drug-likeness (QED) is 0.829. The predicted molar refractivity (Wildman–Crippen MR) is 79.4 cm³/mol. The van der Waals surface area contributed by atoms with Crippen LogP contribution in [0.4, 0.5) is 11.6 Å². The van der Waals surface area contributed by atoms with Crippen LogP contribution in [-0.4, -0.2) is 30.7 Å². The lowest BCUT2D eigenvalue weighted by molar-refractivity contribution is 0.178. The Labute approximate surface area is 116 Å². The van der Waals surface area contributed by atoms with Gasteiger partial charge in [0.15, 0.2) is 5.82 Å². The molecule has 0 bridgehead atoms. The molecule has 0 aliphatic carbocycles. The van der Waals surface area contributed by atoms with Crippen LogP contribution >= 0.6 is 0 Å². The van der Waals surface area contributed by atoms with Crippen molar-refractivity contribution in [2.45, 2.75) is 34.3 Å². The number of rotatable bonds is 6. The molecular formula is C14H26N4O. The summed E-state index contributed by atoms with van der Waals surface area (Å²) >= 11 is 0. The predicted octanol–water partition coefficient (Wildman–Crippen LogP) is 2.76. The number of nitrogens with zero attached hydrogens (tertiary/aromatic N) is 2. The zero-order valence-corrected chi connectivity index (χ0v) is 12.9. The fourth-order valence-corrected chi connectivity index (χ4v) is 1.47. The van der Waals surface area contributed by atoms with Crippen LogP contribution in [0, 0.1) is 11.3 Å². The van der Waals surface area contributed by atoms with Crippen LogP contribution in [0.1, 0.15) is 33.5 Å². The van der Waals surface area contributed by atoms with Crippen molar-refractivity contribution >= 4 is 11.6 Å². The first kappa shape index (κ1) is 15.7. The topological polar surface area (TPSA) is 59.1 Å². The van der Waals surface area contributed by atoms with Crippen molar-refractivity contribution in [3.63, 3.8) is 0 Å². The van der Waals surface area contributed by atoms with E-state index in [-0.39, 0.29) is 5.41 Å². The van der Waals surface area contributed by atoms with E-state index in [2.05, 4.69) is 48.3 Å². The third-order valence-electron chi connectivity index (χ3n) is 3.37. The molecule has 1 aromatic rings. The van der Waals surface area contributed by atoms with Gasteiger partial charge < -0.3 is 15.4 Å². The lowest BCUT2D eigenvalue weighted by Gasteiger charge is -2.27. The average Bonchev–Trinajstić information content (AvgIpc) is 2.34. The number of nitrogens with one attached hydrogen (secondary N) is 2. The van der Waals surface area contributed by atoms with Crippen molar-refractivity contribution in [1.82, 2.24) is 9.97 Å².